The number of halogens is 1. The fraction of sp³-hybridized carbons (Fsp3) is 0.440. The molecule has 35 heavy (non-hydrogen) atoms. The first kappa shape index (κ1) is 28.5. The number of unbranched alkanes of at least 4 members (excludes halogenated alkanes) is 1. The number of sulfonamides is 1. The number of nitrogens with zero attached hydrogens (tertiary/aromatic N) is 2. The van der Waals surface area contributed by atoms with Gasteiger partial charge in [-0.1, -0.05) is 43.1 Å². The molecule has 0 bridgehead atoms. The number of ether oxygens (including phenoxy) is 1. The summed E-state index contributed by atoms with van der Waals surface area (Å²) < 4.78 is 31.6. The van der Waals surface area contributed by atoms with Gasteiger partial charge in [0.15, 0.2) is 0 Å². The minimum absolute atomic E-state index is 0.122. The molecule has 2 rings (SSSR count). The number of anilines is 1. The van der Waals surface area contributed by atoms with Crippen LogP contribution in [-0.2, 0) is 26.2 Å². The second-order valence-corrected chi connectivity index (χ2v) is 10.7. The van der Waals surface area contributed by atoms with Gasteiger partial charge in [-0.2, -0.15) is 0 Å². The van der Waals surface area contributed by atoms with E-state index in [-0.39, 0.29) is 12.5 Å². The molecule has 10 heteroatoms. The highest BCUT2D eigenvalue weighted by molar-refractivity contribution is 7.92. The Labute approximate surface area is 213 Å². The minimum atomic E-state index is -3.82. The van der Waals surface area contributed by atoms with Crippen molar-refractivity contribution in [1.29, 1.82) is 0 Å². The molecule has 2 amide bonds. The summed E-state index contributed by atoms with van der Waals surface area (Å²) in [7, 11) is -2.26. The molecular weight excluding hydrogens is 490 g/mol. The Bertz CT molecular complexity index is 1120. The van der Waals surface area contributed by atoms with E-state index in [1.807, 2.05) is 6.92 Å². The number of benzene rings is 2. The highest BCUT2D eigenvalue weighted by atomic mass is 35.5. The molecule has 0 aromatic heterocycles. The molecule has 2 aromatic carbocycles. The fourth-order valence-corrected chi connectivity index (χ4v) is 4.56. The summed E-state index contributed by atoms with van der Waals surface area (Å²) >= 11 is 6.11. The molecule has 0 aliphatic carbocycles. The summed E-state index contributed by atoms with van der Waals surface area (Å²) in [5.74, 6) is -0.148. The zero-order valence-corrected chi connectivity index (χ0v) is 22.4. The molecular formula is C25H34ClN3O5S. The maximum absolute atomic E-state index is 13.6. The van der Waals surface area contributed by atoms with Crippen molar-refractivity contribution in [3.8, 4) is 5.75 Å². The average molecular weight is 524 g/mol. The lowest BCUT2D eigenvalue weighted by molar-refractivity contribution is -0.139. The molecule has 0 heterocycles. The lowest BCUT2D eigenvalue weighted by Gasteiger charge is -2.32. The predicted molar refractivity (Wildman–Crippen MR) is 139 cm³/mol. The smallest absolute Gasteiger partial charge is 0.244 e. The molecule has 0 aliphatic rings. The van der Waals surface area contributed by atoms with Crippen LogP contribution < -0.4 is 14.4 Å². The van der Waals surface area contributed by atoms with Gasteiger partial charge < -0.3 is 15.0 Å². The van der Waals surface area contributed by atoms with Crippen LogP contribution in [0.25, 0.3) is 0 Å². The van der Waals surface area contributed by atoms with Crippen molar-refractivity contribution in [2.75, 3.05) is 30.8 Å². The lowest BCUT2D eigenvalue weighted by atomic mass is 10.1. The number of carbonyl (C=O) groups excluding carboxylic acids is 2. The third kappa shape index (κ3) is 8.14. The van der Waals surface area contributed by atoms with Crippen LogP contribution in [0.15, 0.2) is 42.5 Å². The number of hydrogen-bond donors (Lipinski definition) is 1. The van der Waals surface area contributed by atoms with E-state index in [1.54, 1.807) is 57.4 Å². The Morgan fingerprint density at radius 3 is 2.37 bits per heavy atom. The van der Waals surface area contributed by atoms with Crippen molar-refractivity contribution in [2.24, 2.45) is 0 Å². The van der Waals surface area contributed by atoms with E-state index < -0.39 is 28.5 Å². The average Bonchev–Trinajstić information content (AvgIpc) is 2.81. The molecule has 192 valence electrons. The van der Waals surface area contributed by atoms with Crippen LogP contribution in [-0.4, -0.2) is 57.6 Å². The maximum atomic E-state index is 13.6. The van der Waals surface area contributed by atoms with Gasteiger partial charge in [0.2, 0.25) is 21.8 Å². The van der Waals surface area contributed by atoms with Crippen LogP contribution in [0.1, 0.15) is 37.8 Å². The van der Waals surface area contributed by atoms with Crippen molar-refractivity contribution in [3.63, 3.8) is 0 Å². The van der Waals surface area contributed by atoms with Gasteiger partial charge in [-0.15, -0.1) is 0 Å². The first-order chi connectivity index (χ1) is 16.5. The summed E-state index contributed by atoms with van der Waals surface area (Å²) in [5, 5.41) is 3.20. The third-order valence-corrected chi connectivity index (χ3v) is 6.99. The van der Waals surface area contributed by atoms with E-state index in [1.165, 1.54) is 11.0 Å². The van der Waals surface area contributed by atoms with Gasteiger partial charge in [0, 0.05) is 18.1 Å². The fourth-order valence-electron chi connectivity index (χ4n) is 3.49. The Morgan fingerprint density at radius 1 is 1.14 bits per heavy atom. The number of rotatable bonds is 12. The second-order valence-electron chi connectivity index (χ2n) is 8.39. The molecule has 0 saturated carbocycles. The number of carbonyl (C=O) groups is 2. The predicted octanol–water partition coefficient (Wildman–Crippen LogP) is 3.76. The van der Waals surface area contributed by atoms with Crippen LogP contribution >= 0.6 is 11.6 Å². The van der Waals surface area contributed by atoms with Crippen LogP contribution in [0, 0.1) is 6.92 Å². The second kappa shape index (κ2) is 12.8. The highest BCUT2D eigenvalue weighted by Gasteiger charge is 2.30. The van der Waals surface area contributed by atoms with E-state index in [9.17, 15) is 18.0 Å². The molecule has 8 nitrogen and oxygen atoms in total. The van der Waals surface area contributed by atoms with Gasteiger partial charge in [-0.3, -0.25) is 13.9 Å². The first-order valence-corrected chi connectivity index (χ1v) is 13.6. The SMILES string of the molecule is CCCCNC(=O)[C@H](C)N(Cc1ccc(OC)cc1)C(=O)CN(c1cc(Cl)ccc1C)S(C)(=O)=O. The van der Waals surface area contributed by atoms with Gasteiger partial charge in [0.25, 0.3) is 0 Å². The third-order valence-electron chi connectivity index (χ3n) is 5.63. The van der Waals surface area contributed by atoms with E-state index in [0.29, 0.717) is 28.6 Å². The molecule has 0 aliphatic heterocycles. The summed E-state index contributed by atoms with van der Waals surface area (Å²) in [6, 6.07) is 11.2. The van der Waals surface area contributed by atoms with Crippen LogP contribution in [0.4, 0.5) is 5.69 Å². The molecule has 0 radical (unpaired) electrons. The van der Waals surface area contributed by atoms with Gasteiger partial charge in [-0.25, -0.2) is 8.42 Å². The number of nitrogens with one attached hydrogen (secondary N) is 1. The molecule has 2 aromatic rings. The van der Waals surface area contributed by atoms with E-state index in [0.717, 1.165) is 29.0 Å². The van der Waals surface area contributed by atoms with Crippen molar-refractivity contribution in [3.05, 3.63) is 58.6 Å². The number of amides is 2. The summed E-state index contributed by atoms with van der Waals surface area (Å²) in [5.41, 5.74) is 1.75. The van der Waals surface area contributed by atoms with Crippen molar-refractivity contribution < 1.29 is 22.7 Å². The molecule has 0 fully saturated rings. The van der Waals surface area contributed by atoms with Gasteiger partial charge in [0.05, 0.1) is 19.1 Å². The topological polar surface area (TPSA) is 96.0 Å². The van der Waals surface area contributed by atoms with Crippen molar-refractivity contribution in [2.45, 2.75) is 46.2 Å². The van der Waals surface area contributed by atoms with Crippen LogP contribution in [0.5, 0.6) is 5.75 Å². The number of aryl methyl sites for hydroxylation is 1. The highest BCUT2D eigenvalue weighted by Crippen LogP contribution is 2.27. The maximum Gasteiger partial charge on any atom is 0.244 e. The Balaban J connectivity index is 2.38. The standard InChI is InChI=1S/C25H34ClN3O5S/c1-6-7-14-27-25(31)19(3)28(16-20-9-12-22(34-4)13-10-20)24(30)17-29(35(5,32)33)23-15-21(26)11-8-18(23)2/h8-13,15,19H,6-7,14,16-17H2,1-5H3,(H,27,31)/t19-/m0/s1. The first-order valence-electron chi connectivity index (χ1n) is 11.4. The van der Waals surface area contributed by atoms with Crippen molar-refractivity contribution >= 4 is 39.1 Å². The molecule has 0 spiro atoms. The van der Waals surface area contributed by atoms with E-state index in [4.69, 9.17) is 16.3 Å². The zero-order chi connectivity index (χ0) is 26.2. The Kier molecular flexibility index (Phi) is 10.4. The van der Waals surface area contributed by atoms with Crippen LogP contribution in [0.3, 0.4) is 0 Å². The minimum Gasteiger partial charge on any atom is -0.497 e. The summed E-state index contributed by atoms with van der Waals surface area (Å²) in [6.07, 6.45) is 2.78. The summed E-state index contributed by atoms with van der Waals surface area (Å²) in [4.78, 5) is 27.8. The largest absolute Gasteiger partial charge is 0.497 e. The lowest BCUT2D eigenvalue weighted by Crippen LogP contribution is -2.51. The Morgan fingerprint density at radius 2 is 1.80 bits per heavy atom. The molecule has 0 saturated heterocycles. The van der Waals surface area contributed by atoms with Gasteiger partial charge in [-0.05, 0) is 55.7 Å². The number of hydrogen-bond acceptors (Lipinski definition) is 5. The molecule has 1 N–H and O–H groups in total. The van der Waals surface area contributed by atoms with E-state index >= 15 is 0 Å². The van der Waals surface area contributed by atoms with Gasteiger partial charge >= 0.3 is 0 Å². The van der Waals surface area contributed by atoms with Crippen LogP contribution in [0.2, 0.25) is 5.02 Å². The summed E-state index contributed by atoms with van der Waals surface area (Å²) in [6.45, 7) is 5.56. The molecule has 0 unspecified atom stereocenters. The number of methoxy groups -OCH3 is 1. The quantitative estimate of drug-likeness (QED) is 0.427. The monoisotopic (exact) mass is 523 g/mol. The Hall–Kier alpha value is -2.78. The van der Waals surface area contributed by atoms with E-state index in [2.05, 4.69) is 5.32 Å². The zero-order valence-electron chi connectivity index (χ0n) is 20.9. The normalized spacial score (nSPS) is 12.1. The van der Waals surface area contributed by atoms with Gasteiger partial charge in [0.1, 0.15) is 18.3 Å². The molecule has 1 atom stereocenters. The van der Waals surface area contributed by atoms with Crippen molar-refractivity contribution in [1.82, 2.24) is 10.2 Å².